The Morgan fingerprint density at radius 1 is 1.08 bits per heavy atom. The molecule has 3 aromatic carbocycles. The average molecular weight is 544 g/mol. The van der Waals surface area contributed by atoms with Gasteiger partial charge in [-0.2, -0.15) is 12.6 Å². The zero-order chi connectivity index (χ0) is 28.1. The summed E-state index contributed by atoms with van der Waals surface area (Å²) >= 11 is 4.44. The second-order valence-corrected chi connectivity index (χ2v) is 10.9. The van der Waals surface area contributed by atoms with Gasteiger partial charge < -0.3 is 15.0 Å². The Bertz CT molecular complexity index is 1470. The first-order valence-corrected chi connectivity index (χ1v) is 14.2. The van der Waals surface area contributed by atoms with Gasteiger partial charge in [0.05, 0.1) is 16.6 Å². The molecule has 1 amide bonds. The zero-order valence-electron chi connectivity index (χ0n) is 23.1. The van der Waals surface area contributed by atoms with Gasteiger partial charge >= 0.3 is 5.97 Å². The lowest BCUT2D eigenvalue weighted by Crippen LogP contribution is -2.37. The summed E-state index contributed by atoms with van der Waals surface area (Å²) in [5.41, 5.74) is 6.36. The summed E-state index contributed by atoms with van der Waals surface area (Å²) in [6, 6.07) is 18.9. The number of amides is 1. The highest BCUT2D eigenvalue weighted by Gasteiger charge is 2.19. The molecule has 6 nitrogen and oxygen atoms in total. The fourth-order valence-electron chi connectivity index (χ4n) is 5.07. The number of carboxylic acids is 1. The van der Waals surface area contributed by atoms with E-state index in [4.69, 9.17) is 4.98 Å². The van der Waals surface area contributed by atoms with E-state index in [9.17, 15) is 14.7 Å². The van der Waals surface area contributed by atoms with Crippen molar-refractivity contribution >= 4 is 35.5 Å². The first-order chi connectivity index (χ1) is 18.7. The quantitative estimate of drug-likeness (QED) is 0.182. The van der Waals surface area contributed by atoms with Crippen LogP contribution in [0.5, 0.6) is 0 Å². The van der Waals surface area contributed by atoms with Gasteiger partial charge in [0.1, 0.15) is 5.82 Å². The number of rotatable bonds is 11. The molecule has 2 N–H and O–H groups in total. The maximum absolute atomic E-state index is 13.2. The van der Waals surface area contributed by atoms with Crippen molar-refractivity contribution in [3.05, 3.63) is 88.7 Å². The molecule has 0 aliphatic rings. The number of aromatic nitrogens is 2. The Labute approximate surface area is 235 Å². The van der Waals surface area contributed by atoms with Crippen LogP contribution in [0.1, 0.15) is 71.3 Å². The first-order valence-electron chi connectivity index (χ1n) is 13.5. The molecule has 0 saturated heterocycles. The van der Waals surface area contributed by atoms with Crippen molar-refractivity contribution in [2.75, 3.05) is 5.75 Å². The topological polar surface area (TPSA) is 84.2 Å². The van der Waals surface area contributed by atoms with Crippen molar-refractivity contribution in [2.24, 2.45) is 5.92 Å². The molecule has 0 fully saturated rings. The van der Waals surface area contributed by atoms with E-state index < -0.39 is 5.97 Å². The minimum Gasteiger partial charge on any atom is -0.478 e. The maximum Gasteiger partial charge on any atom is 0.336 e. The van der Waals surface area contributed by atoms with Crippen LogP contribution in [0.4, 0.5) is 0 Å². The smallest absolute Gasteiger partial charge is 0.336 e. The summed E-state index contributed by atoms with van der Waals surface area (Å²) in [5, 5.41) is 12.7. The Hall–Kier alpha value is -3.58. The molecule has 4 aromatic rings. The molecule has 0 spiro atoms. The fraction of sp³-hybridized carbons (Fsp3) is 0.344. The van der Waals surface area contributed by atoms with Crippen LogP contribution < -0.4 is 5.32 Å². The number of hydrogen-bond donors (Lipinski definition) is 3. The molecule has 0 aliphatic heterocycles. The second-order valence-electron chi connectivity index (χ2n) is 10.6. The van der Waals surface area contributed by atoms with Gasteiger partial charge in [0, 0.05) is 30.3 Å². The van der Waals surface area contributed by atoms with Crippen LogP contribution in [0.15, 0.2) is 60.7 Å². The van der Waals surface area contributed by atoms with Crippen LogP contribution in [0, 0.1) is 12.8 Å². The number of fused-ring (bicyclic) bond motifs is 1. The molecule has 7 heteroatoms. The lowest BCUT2D eigenvalue weighted by Gasteiger charge is -2.19. The molecule has 4 rings (SSSR count). The third kappa shape index (κ3) is 6.53. The number of hydrogen-bond acceptors (Lipinski definition) is 4. The molecule has 0 radical (unpaired) electrons. The largest absolute Gasteiger partial charge is 0.478 e. The zero-order valence-corrected chi connectivity index (χ0v) is 24.0. The number of nitrogens with zero attached hydrogens (tertiary/aromatic N) is 2. The van der Waals surface area contributed by atoms with Crippen LogP contribution in [0.3, 0.4) is 0 Å². The molecule has 1 aromatic heterocycles. The number of carboxylic acid groups (broad SMARTS) is 1. The Morgan fingerprint density at radius 3 is 2.44 bits per heavy atom. The summed E-state index contributed by atoms with van der Waals surface area (Å²) in [5.74, 6) is 1.02. The monoisotopic (exact) mass is 543 g/mol. The van der Waals surface area contributed by atoms with Gasteiger partial charge in [-0.05, 0) is 66.1 Å². The third-order valence-electron chi connectivity index (χ3n) is 6.93. The van der Waals surface area contributed by atoms with E-state index in [1.165, 1.54) is 0 Å². The van der Waals surface area contributed by atoms with Crippen molar-refractivity contribution in [3.63, 3.8) is 0 Å². The molecule has 0 unspecified atom stereocenters. The number of aryl methyl sites for hydroxylation is 2. The number of carbonyl (C=O) groups excluding carboxylic acids is 1. The van der Waals surface area contributed by atoms with Gasteiger partial charge in [0.2, 0.25) is 0 Å². The van der Waals surface area contributed by atoms with E-state index in [2.05, 4.69) is 43.3 Å². The van der Waals surface area contributed by atoms with Crippen molar-refractivity contribution in [2.45, 2.75) is 59.5 Å². The van der Waals surface area contributed by atoms with Crippen molar-refractivity contribution in [1.82, 2.24) is 14.9 Å². The summed E-state index contributed by atoms with van der Waals surface area (Å²) < 4.78 is 2.20. The number of imidazole rings is 1. The number of nitrogens with one attached hydrogen (secondary N) is 1. The van der Waals surface area contributed by atoms with Gasteiger partial charge in [0.15, 0.2) is 0 Å². The van der Waals surface area contributed by atoms with E-state index in [0.29, 0.717) is 29.3 Å². The Morgan fingerprint density at radius 2 is 1.79 bits per heavy atom. The van der Waals surface area contributed by atoms with Gasteiger partial charge in [-0.1, -0.05) is 63.2 Å². The minimum atomic E-state index is -0.941. The Balaban J connectivity index is 1.68. The number of carbonyl (C=O) groups is 2. The molecule has 1 atom stereocenters. The molecule has 0 bridgehead atoms. The lowest BCUT2D eigenvalue weighted by atomic mass is 9.98. The maximum atomic E-state index is 13.2. The van der Waals surface area contributed by atoms with E-state index >= 15 is 0 Å². The molecular formula is C32H37N3O3S. The molecule has 204 valence electrons. The van der Waals surface area contributed by atoms with Crippen molar-refractivity contribution in [1.29, 1.82) is 0 Å². The van der Waals surface area contributed by atoms with E-state index in [-0.39, 0.29) is 17.5 Å². The minimum absolute atomic E-state index is 0.0159. The predicted molar refractivity (Wildman–Crippen MR) is 161 cm³/mol. The molecule has 0 saturated carbocycles. The van der Waals surface area contributed by atoms with Crippen LogP contribution in [0.2, 0.25) is 0 Å². The predicted octanol–water partition coefficient (Wildman–Crippen LogP) is 6.79. The normalized spacial score (nSPS) is 12.2. The van der Waals surface area contributed by atoms with Gasteiger partial charge in [-0.15, -0.1) is 0 Å². The molecule has 1 heterocycles. The summed E-state index contributed by atoms with van der Waals surface area (Å²) in [4.78, 5) is 29.9. The lowest BCUT2D eigenvalue weighted by molar-refractivity contribution is 0.0697. The van der Waals surface area contributed by atoms with Crippen LogP contribution in [0.25, 0.3) is 22.2 Å². The summed E-state index contributed by atoms with van der Waals surface area (Å²) in [7, 11) is 0. The van der Waals surface area contributed by atoms with Crippen LogP contribution in [-0.2, 0) is 13.0 Å². The van der Waals surface area contributed by atoms with Crippen molar-refractivity contribution < 1.29 is 14.7 Å². The molecule has 0 aliphatic carbocycles. The number of benzene rings is 3. The van der Waals surface area contributed by atoms with E-state index in [0.717, 1.165) is 52.8 Å². The summed E-state index contributed by atoms with van der Waals surface area (Å²) in [6.07, 6.45) is 2.66. The standard InChI is InChI=1S/C32H37N3O3S/c1-5-8-29-34-30-21(4)16-24(31(36)33-25(19-39)15-20(2)3)17-28(30)35(29)18-22-11-13-23(14-12-22)26-9-6-7-10-27(26)32(37)38/h6-7,9-14,16-17,20,25,39H,5,8,15,18-19H2,1-4H3,(H,33,36)(H,37,38)/t25-/m1/s1. The van der Waals surface area contributed by atoms with Gasteiger partial charge in [-0.3, -0.25) is 4.79 Å². The summed E-state index contributed by atoms with van der Waals surface area (Å²) in [6.45, 7) is 9.03. The fourth-order valence-corrected chi connectivity index (χ4v) is 5.31. The number of thiol groups is 1. The first kappa shape index (κ1) is 28.4. The highest BCUT2D eigenvalue weighted by Crippen LogP contribution is 2.27. The Kier molecular flexibility index (Phi) is 9.12. The van der Waals surface area contributed by atoms with Crippen molar-refractivity contribution in [3.8, 4) is 11.1 Å². The SMILES string of the molecule is CCCc1nc2c(C)cc(C(=O)N[C@@H](CS)CC(C)C)cc2n1Cc1ccc(-c2ccccc2C(=O)O)cc1. The third-order valence-corrected chi connectivity index (χ3v) is 7.37. The highest BCUT2D eigenvalue weighted by molar-refractivity contribution is 7.80. The van der Waals surface area contributed by atoms with Crippen LogP contribution in [-0.4, -0.2) is 38.3 Å². The van der Waals surface area contributed by atoms with Gasteiger partial charge in [-0.25, -0.2) is 9.78 Å². The van der Waals surface area contributed by atoms with E-state index in [1.807, 2.05) is 55.5 Å². The highest BCUT2D eigenvalue weighted by atomic mass is 32.1. The second kappa shape index (κ2) is 12.5. The average Bonchev–Trinajstić information content (AvgIpc) is 3.26. The van der Waals surface area contributed by atoms with Gasteiger partial charge in [0.25, 0.3) is 5.91 Å². The van der Waals surface area contributed by atoms with E-state index in [1.54, 1.807) is 12.1 Å². The molecular weight excluding hydrogens is 506 g/mol. The van der Waals surface area contributed by atoms with Crippen LogP contribution >= 0.6 is 12.6 Å². The number of aromatic carboxylic acids is 1. The molecule has 39 heavy (non-hydrogen) atoms.